The number of aryl methyl sites for hydroxylation is 1. The quantitative estimate of drug-likeness (QED) is 0.210. The van der Waals surface area contributed by atoms with Crippen LogP contribution in [0.2, 0.25) is 0 Å². The molecule has 1 aromatic rings. The van der Waals surface area contributed by atoms with Crippen LogP contribution in [0.5, 0.6) is 5.75 Å². The van der Waals surface area contributed by atoms with Crippen molar-refractivity contribution in [2.75, 3.05) is 7.11 Å². The molecule has 0 unspecified atom stereocenters. The number of ether oxygens (including phenoxy) is 2. The van der Waals surface area contributed by atoms with Gasteiger partial charge in [0, 0.05) is 6.42 Å². The van der Waals surface area contributed by atoms with Crippen molar-refractivity contribution in [2.24, 2.45) is 11.8 Å². The molecule has 0 heterocycles. The maximum absolute atomic E-state index is 12.2. The molecule has 142 valence electrons. The lowest BCUT2D eigenvalue weighted by molar-refractivity contribution is -0.151. The maximum Gasteiger partial charge on any atom is 0.441 e. The summed E-state index contributed by atoms with van der Waals surface area (Å²) in [6.07, 6.45) is 0.972. The van der Waals surface area contributed by atoms with E-state index in [0.29, 0.717) is 12.8 Å². The third-order valence-corrected chi connectivity index (χ3v) is 4.14. The van der Waals surface area contributed by atoms with Crippen molar-refractivity contribution in [1.82, 2.24) is 0 Å². The molecule has 1 aromatic carbocycles. The fraction of sp³-hybridized carbons (Fsp3) is 0.550. The lowest BCUT2D eigenvalue weighted by Crippen LogP contribution is -2.35. The van der Waals surface area contributed by atoms with Crippen molar-refractivity contribution in [1.29, 1.82) is 0 Å². The zero-order valence-corrected chi connectivity index (χ0v) is 16.2. The number of carbonyl (C=O) groups excluding carboxylic acids is 2. The summed E-state index contributed by atoms with van der Waals surface area (Å²) in [5.74, 6) is -0.410. The molecule has 0 bridgehead atoms. The van der Waals surface area contributed by atoms with E-state index in [1.165, 1.54) is 0 Å². The summed E-state index contributed by atoms with van der Waals surface area (Å²) in [5.41, 5.74) is 9.61. The van der Waals surface area contributed by atoms with Crippen LogP contribution in [0, 0.1) is 11.8 Å². The molecular weight excluding hydrogens is 332 g/mol. The predicted octanol–water partition coefficient (Wildman–Crippen LogP) is 3.48. The van der Waals surface area contributed by atoms with Gasteiger partial charge < -0.3 is 15.0 Å². The standard InChI is InChI=1S/C20H28N2O4/c1-13(2)19(14(3)4)26-20(24)18(22-21)17(23)8-6-7-15-9-11-16(25-5)12-10-15/h9-14,19H,6-8H2,1-5H3. The Hall–Kier alpha value is -2.46. The zero-order valence-electron chi connectivity index (χ0n) is 16.2. The van der Waals surface area contributed by atoms with E-state index in [4.69, 9.17) is 15.0 Å². The van der Waals surface area contributed by atoms with Crippen LogP contribution in [0.15, 0.2) is 24.3 Å². The average molecular weight is 360 g/mol. The molecule has 0 spiro atoms. The Morgan fingerprint density at radius 2 is 1.65 bits per heavy atom. The van der Waals surface area contributed by atoms with Gasteiger partial charge in [0.25, 0.3) is 5.78 Å². The van der Waals surface area contributed by atoms with E-state index < -0.39 is 17.5 Å². The molecule has 0 N–H and O–H groups in total. The fourth-order valence-corrected chi connectivity index (χ4v) is 2.80. The molecule has 1 rings (SSSR count). The Bertz CT molecular complexity index is 651. The first kappa shape index (κ1) is 21.6. The number of benzene rings is 1. The van der Waals surface area contributed by atoms with Gasteiger partial charge in [-0.15, -0.1) is 0 Å². The number of ketones is 1. The number of hydrogen-bond acceptors (Lipinski definition) is 4. The Balaban J connectivity index is 2.59. The van der Waals surface area contributed by atoms with Crippen LogP contribution in [0.3, 0.4) is 0 Å². The zero-order chi connectivity index (χ0) is 19.7. The molecule has 0 radical (unpaired) electrons. The predicted molar refractivity (Wildman–Crippen MR) is 99.1 cm³/mol. The maximum atomic E-state index is 12.2. The minimum Gasteiger partial charge on any atom is -0.497 e. The van der Waals surface area contributed by atoms with Gasteiger partial charge in [0.05, 0.1) is 7.11 Å². The summed E-state index contributed by atoms with van der Waals surface area (Å²) in [7, 11) is 1.60. The molecule has 0 saturated carbocycles. The molecule has 6 nitrogen and oxygen atoms in total. The van der Waals surface area contributed by atoms with Gasteiger partial charge in [-0.05, 0) is 42.4 Å². The topological polar surface area (TPSA) is 89.0 Å². The monoisotopic (exact) mass is 360 g/mol. The lowest BCUT2D eigenvalue weighted by atomic mass is 9.96. The van der Waals surface area contributed by atoms with Gasteiger partial charge in [0.2, 0.25) is 0 Å². The van der Waals surface area contributed by atoms with Crippen molar-refractivity contribution in [3.05, 3.63) is 35.4 Å². The Morgan fingerprint density at radius 1 is 1.08 bits per heavy atom. The first-order chi connectivity index (χ1) is 12.3. The number of carbonyl (C=O) groups is 2. The second-order valence-electron chi connectivity index (χ2n) is 6.93. The van der Waals surface area contributed by atoms with Crippen molar-refractivity contribution in [3.63, 3.8) is 0 Å². The largest absolute Gasteiger partial charge is 0.497 e. The molecule has 26 heavy (non-hydrogen) atoms. The molecule has 0 saturated heterocycles. The Labute approximate surface area is 155 Å². The van der Waals surface area contributed by atoms with Crippen LogP contribution in [0.4, 0.5) is 0 Å². The first-order valence-corrected chi connectivity index (χ1v) is 8.89. The van der Waals surface area contributed by atoms with Gasteiger partial charge in [-0.25, -0.2) is 4.79 Å². The van der Waals surface area contributed by atoms with Crippen LogP contribution >= 0.6 is 0 Å². The number of hydrogen-bond donors (Lipinski definition) is 0. The lowest BCUT2D eigenvalue weighted by Gasteiger charge is -2.23. The molecule has 0 atom stereocenters. The van der Waals surface area contributed by atoms with E-state index in [0.717, 1.165) is 11.3 Å². The molecular formula is C20H28N2O4. The average Bonchev–Trinajstić information content (AvgIpc) is 2.60. The van der Waals surface area contributed by atoms with Gasteiger partial charge in [0.1, 0.15) is 11.9 Å². The number of nitrogens with zero attached hydrogens (tertiary/aromatic N) is 2. The Morgan fingerprint density at radius 3 is 2.12 bits per heavy atom. The van der Waals surface area contributed by atoms with E-state index in [1.54, 1.807) is 7.11 Å². The molecule has 0 aliphatic carbocycles. The summed E-state index contributed by atoms with van der Waals surface area (Å²) < 4.78 is 10.5. The van der Waals surface area contributed by atoms with Gasteiger partial charge in [-0.3, -0.25) is 4.79 Å². The number of Topliss-reactive ketones (excluding diaryl/α,β-unsaturated/α-hetero) is 1. The molecule has 0 aliphatic rings. The highest BCUT2D eigenvalue weighted by Gasteiger charge is 2.34. The summed E-state index contributed by atoms with van der Waals surface area (Å²) in [6.45, 7) is 7.74. The van der Waals surface area contributed by atoms with Crippen LogP contribution < -0.4 is 4.74 Å². The smallest absolute Gasteiger partial charge is 0.441 e. The van der Waals surface area contributed by atoms with E-state index in [-0.39, 0.29) is 24.4 Å². The van der Waals surface area contributed by atoms with Crippen LogP contribution in [0.1, 0.15) is 46.1 Å². The third-order valence-electron chi connectivity index (χ3n) is 4.14. The van der Waals surface area contributed by atoms with Gasteiger partial charge >= 0.3 is 11.7 Å². The van der Waals surface area contributed by atoms with Gasteiger partial charge in [0.15, 0.2) is 0 Å². The summed E-state index contributed by atoms with van der Waals surface area (Å²) in [5, 5.41) is 0. The number of methoxy groups -OCH3 is 1. The second-order valence-corrected chi connectivity index (χ2v) is 6.93. The van der Waals surface area contributed by atoms with E-state index in [9.17, 15) is 9.59 Å². The van der Waals surface area contributed by atoms with Crippen LogP contribution in [0.25, 0.3) is 5.53 Å². The summed E-state index contributed by atoms with van der Waals surface area (Å²) in [4.78, 5) is 27.3. The van der Waals surface area contributed by atoms with Crippen molar-refractivity contribution < 1.29 is 23.9 Å². The molecule has 6 heteroatoms. The van der Waals surface area contributed by atoms with Gasteiger partial charge in [-0.1, -0.05) is 39.8 Å². The second kappa shape index (κ2) is 10.5. The summed E-state index contributed by atoms with van der Waals surface area (Å²) in [6, 6.07) is 7.56. The number of esters is 1. The highest BCUT2D eigenvalue weighted by Crippen LogP contribution is 2.17. The fourth-order valence-electron chi connectivity index (χ4n) is 2.80. The van der Waals surface area contributed by atoms with E-state index in [1.807, 2.05) is 52.0 Å². The molecule has 0 fully saturated rings. The van der Waals surface area contributed by atoms with Crippen molar-refractivity contribution in [3.8, 4) is 5.75 Å². The number of rotatable bonds is 10. The summed E-state index contributed by atoms with van der Waals surface area (Å²) >= 11 is 0. The van der Waals surface area contributed by atoms with Gasteiger partial charge in [-0.2, -0.15) is 4.79 Å². The van der Waals surface area contributed by atoms with Crippen LogP contribution in [-0.4, -0.2) is 35.5 Å². The van der Waals surface area contributed by atoms with Crippen molar-refractivity contribution in [2.45, 2.75) is 53.1 Å². The first-order valence-electron chi connectivity index (χ1n) is 8.89. The minimum atomic E-state index is -0.866. The van der Waals surface area contributed by atoms with E-state index in [2.05, 4.69) is 4.79 Å². The van der Waals surface area contributed by atoms with Crippen LogP contribution in [-0.2, 0) is 20.7 Å². The third kappa shape index (κ3) is 6.45. The molecule has 0 amide bonds. The van der Waals surface area contributed by atoms with E-state index >= 15 is 0 Å². The molecule has 0 aromatic heterocycles. The normalized spacial score (nSPS) is 10.8. The highest BCUT2D eigenvalue weighted by atomic mass is 16.5. The molecule has 0 aliphatic heterocycles. The highest BCUT2D eigenvalue weighted by molar-refractivity contribution is 6.62. The SMILES string of the molecule is COc1ccc(CCCC(=O)C(=[N+]=[N-])C(=O)OC(C(C)C)C(C)C)cc1. The van der Waals surface area contributed by atoms with Crippen molar-refractivity contribution >= 4 is 17.5 Å². The minimum absolute atomic E-state index is 0.101. The Kier molecular flexibility index (Phi) is 8.73.